The van der Waals surface area contributed by atoms with Gasteiger partial charge in [0.25, 0.3) is 0 Å². The molecule has 0 bridgehead atoms. The lowest BCUT2D eigenvalue weighted by molar-refractivity contribution is 0.346. The fraction of sp³-hybridized carbons (Fsp3) is 0.458. The number of rotatable bonds is 8. The van der Waals surface area contributed by atoms with Gasteiger partial charge >= 0.3 is 0 Å². The van der Waals surface area contributed by atoms with E-state index < -0.39 is 6.17 Å². The molecule has 28 heavy (non-hydrogen) atoms. The molecule has 0 saturated heterocycles. The Morgan fingerprint density at radius 3 is 2.64 bits per heavy atom. The van der Waals surface area contributed by atoms with Gasteiger partial charge < -0.3 is 4.90 Å². The lowest BCUT2D eigenvalue weighted by Crippen LogP contribution is -2.19. The van der Waals surface area contributed by atoms with Crippen LogP contribution >= 0.6 is 11.3 Å². The molecule has 0 N–H and O–H groups in total. The maximum Gasteiger partial charge on any atom is 0.0977 e. The lowest BCUT2D eigenvalue weighted by Gasteiger charge is -2.21. The first-order chi connectivity index (χ1) is 13.3. The molecule has 0 fully saturated rings. The van der Waals surface area contributed by atoms with Gasteiger partial charge in [-0.1, -0.05) is 18.7 Å². The van der Waals surface area contributed by atoms with Crippen molar-refractivity contribution in [2.75, 3.05) is 13.6 Å². The van der Waals surface area contributed by atoms with Crippen LogP contribution in [0.25, 0.3) is 5.57 Å². The van der Waals surface area contributed by atoms with Gasteiger partial charge in [-0.25, -0.2) is 4.39 Å². The smallest absolute Gasteiger partial charge is 0.0977 e. The minimum Gasteiger partial charge on any atom is -0.362 e. The van der Waals surface area contributed by atoms with Crippen LogP contribution < -0.4 is 0 Å². The van der Waals surface area contributed by atoms with Crippen molar-refractivity contribution in [2.24, 2.45) is 4.99 Å². The summed E-state index contributed by atoms with van der Waals surface area (Å²) in [6.07, 6.45) is 4.68. The zero-order valence-corrected chi connectivity index (χ0v) is 18.9. The molecule has 1 atom stereocenters. The Bertz CT molecular complexity index is 837. The number of aliphatic imine (C=N–C) groups is 1. The fourth-order valence-corrected chi connectivity index (χ4v) is 4.79. The van der Waals surface area contributed by atoms with Gasteiger partial charge in [0.2, 0.25) is 0 Å². The molecule has 2 heterocycles. The second-order valence-electron chi connectivity index (χ2n) is 7.39. The van der Waals surface area contributed by atoms with Crippen LogP contribution in [-0.2, 0) is 6.54 Å². The second kappa shape index (κ2) is 10.0. The van der Waals surface area contributed by atoms with E-state index in [1.54, 1.807) is 14.0 Å². The molecule has 0 aliphatic carbocycles. The third-order valence-electron chi connectivity index (χ3n) is 5.28. The Kier molecular flexibility index (Phi) is 7.99. The van der Waals surface area contributed by atoms with Gasteiger partial charge in [0.15, 0.2) is 0 Å². The minimum atomic E-state index is -0.811. The predicted molar refractivity (Wildman–Crippen MR) is 123 cm³/mol. The summed E-state index contributed by atoms with van der Waals surface area (Å²) >= 11 is 1.84. The van der Waals surface area contributed by atoms with Gasteiger partial charge in [-0.15, -0.1) is 11.3 Å². The normalized spacial score (nSPS) is 17.8. The van der Waals surface area contributed by atoms with Crippen molar-refractivity contribution >= 4 is 22.6 Å². The number of nitrogens with zero attached hydrogens (tertiary/aromatic N) is 2. The summed E-state index contributed by atoms with van der Waals surface area (Å²) in [4.78, 5) is 9.37. The van der Waals surface area contributed by atoms with Crippen molar-refractivity contribution in [3.05, 3.63) is 63.0 Å². The minimum absolute atomic E-state index is 0.501. The first kappa shape index (κ1) is 22.4. The number of thiophene rings is 1. The van der Waals surface area contributed by atoms with Crippen molar-refractivity contribution in [2.45, 2.75) is 60.2 Å². The molecule has 0 saturated carbocycles. The number of halogens is 1. The molecular weight excluding hydrogens is 367 g/mol. The first-order valence-electron chi connectivity index (χ1n) is 9.95. The molecule has 2 nitrogen and oxygen atoms in total. The highest BCUT2D eigenvalue weighted by atomic mass is 32.1. The molecule has 0 aromatic carbocycles. The Morgan fingerprint density at radius 2 is 2.07 bits per heavy atom. The maximum absolute atomic E-state index is 13.3. The van der Waals surface area contributed by atoms with Crippen LogP contribution in [0.2, 0.25) is 0 Å². The van der Waals surface area contributed by atoms with Crippen LogP contribution in [0, 0.1) is 0 Å². The van der Waals surface area contributed by atoms with Crippen LogP contribution in [0.1, 0.15) is 57.2 Å². The molecule has 152 valence electrons. The molecule has 1 aliphatic rings. The SMILES string of the molecule is C=C1C(C(CCC(C)F)=NC)=C(C)CN1Cc1ccc(C(=C/C)/C(C)=C\C)s1. The standard InChI is InChI=1S/C24H33FN2S/c1-8-16(3)21(9-2)23-13-11-20(28-23)15-27-14-17(4)24(19(27)6)22(26-7)12-10-18(5)25/h8-9,11,13,18H,6,10,12,14-15H2,1-5,7H3/b16-8-,21-9+,26-22?. The molecule has 1 aromatic heterocycles. The topological polar surface area (TPSA) is 15.6 Å². The van der Waals surface area contributed by atoms with Crippen molar-refractivity contribution in [3.8, 4) is 0 Å². The summed E-state index contributed by atoms with van der Waals surface area (Å²) in [5.74, 6) is 0. The van der Waals surface area contributed by atoms with E-state index in [0.29, 0.717) is 12.8 Å². The average molecular weight is 401 g/mol. The Morgan fingerprint density at radius 1 is 1.36 bits per heavy atom. The van der Waals surface area contributed by atoms with Gasteiger partial charge in [-0.2, -0.15) is 0 Å². The van der Waals surface area contributed by atoms with E-state index in [9.17, 15) is 4.39 Å². The molecule has 0 spiro atoms. The number of hydrogen-bond acceptors (Lipinski definition) is 3. The Labute approximate surface area is 173 Å². The molecule has 2 rings (SSSR count). The van der Waals surface area contributed by atoms with Gasteiger partial charge in [0, 0.05) is 40.3 Å². The lowest BCUT2D eigenvalue weighted by atomic mass is 10.00. The predicted octanol–water partition coefficient (Wildman–Crippen LogP) is 6.97. The zero-order valence-electron chi connectivity index (χ0n) is 18.1. The van der Waals surface area contributed by atoms with E-state index in [-0.39, 0.29) is 0 Å². The number of alkyl halides is 1. The molecule has 1 aromatic rings. The second-order valence-corrected chi connectivity index (χ2v) is 8.56. The third-order valence-corrected chi connectivity index (χ3v) is 6.39. The largest absolute Gasteiger partial charge is 0.362 e. The van der Waals surface area contributed by atoms with E-state index in [4.69, 9.17) is 0 Å². The van der Waals surface area contributed by atoms with Gasteiger partial charge in [0.05, 0.1) is 12.7 Å². The van der Waals surface area contributed by atoms with E-state index in [1.165, 1.54) is 26.5 Å². The first-order valence-corrected chi connectivity index (χ1v) is 10.8. The third kappa shape index (κ3) is 5.11. The van der Waals surface area contributed by atoms with Gasteiger partial charge in [-0.05, 0) is 76.3 Å². The van der Waals surface area contributed by atoms with Crippen molar-refractivity contribution < 1.29 is 4.39 Å². The van der Waals surface area contributed by atoms with Gasteiger partial charge in [-0.3, -0.25) is 4.99 Å². The highest BCUT2D eigenvalue weighted by Gasteiger charge is 2.26. The quantitative estimate of drug-likeness (QED) is 0.340. The highest BCUT2D eigenvalue weighted by Crippen LogP contribution is 2.34. The van der Waals surface area contributed by atoms with E-state index in [2.05, 4.69) is 68.5 Å². The zero-order chi connectivity index (χ0) is 20.8. The number of allylic oxidation sites excluding steroid dienone is 5. The molecular formula is C24H33FN2S. The highest BCUT2D eigenvalue weighted by molar-refractivity contribution is 7.13. The van der Waals surface area contributed by atoms with E-state index in [0.717, 1.165) is 30.1 Å². The summed E-state index contributed by atoms with van der Waals surface area (Å²) in [6, 6.07) is 4.43. The van der Waals surface area contributed by atoms with Gasteiger partial charge in [0.1, 0.15) is 0 Å². The molecule has 0 radical (unpaired) electrons. The average Bonchev–Trinajstić information content (AvgIpc) is 3.22. The summed E-state index contributed by atoms with van der Waals surface area (Å²) in [7, 11) is 1.79. The van der Waals surface area contributed by atoms with E-state index >= 15 is 0 Å². The monoisotopic (exact) mass is 400 g/mol. The summed E-state index contributed by atoms with van der Waals surface area (Å²) in [5.41, 5.74) is 6.98. The van der Waals surface area contributed by atoms with Crippen molar-refractivity contribution in [1.29, 1.82) is 0 Å². The maximum atomic E-state index is 13.3. The van der Waals surface area contributed by atoms with E-state index in [1.807, 2.05) is 11.3 Å². The molecule has 0 amide bonds. The van der Waals surface area contributed by atoms with Crippen LogP contribution in [0.5, 0.6) is 0 Å². The summed E-state index contributed by atoms with van der Waals surface area (Å²) in [5, 5.41) is 0. The van der Waals surface area contributed by atoms with Crippen molar-refractivity contribution in [1.82, 2.24) is 4.90 Å². The molecule has 1 unspecified atom stereocenters. The molecule has 4 heteroatoms. The van der Waals surface area contributed by atoms with Crippen LogP contribution in [-0.4, -0.2) is 30.4 Å². The Balaban J connectivity index is 2.13. The fourth-order valence-electron chi connectivity index (χ4n) is 3.63. The van der Waals surface area contributed by atoms with Crippen LogP contribution in [0.4, 0.5) is 4.39 Å². The Hall–Kier alpha value is -1.94. The summed E-state index contributed by atoms with van der Waals surface area (Å²) < 4.78 is 13.3. The summed E-state index contributed by atoms with van der Waals surface area (Å²) in [6.45, 7) is 16.1. The van der Waals surface area contributed by atoms with Crippen molar-refractivity contribution in [3.63, 3.8) is 0 Å². The number of hydrogen-bond donors (Lipinski definition) is 0. The molecule has 1 aliphatic heterocycles. The van der Waals surface area contributed by atoms with Crippen LogP contribution in [0.15, 0.2) is 58.3 Å². The van der Waals surface area contributed by atoms with Crippen LogP contribution in [0.3, 0.4) is 0 Å².